The lowest BCUT2D eigenvalue weighted by Crippen LogP contribution is -2.76. The number of carbonyl (C=O) groups excluding carboxylic acids is 1. The number of rotatable bonds is 7. The second-order valence-corrected chi connectivity index (χ2v) is 6.80. The molecule has 2 atom stereocenters. The number of aliphatic carboxylic acids is 1. The van der Waals surface area contributed by atoms with E-state index in [1.807, 2.05) is 0 Å². The smallest absolute Gasteiger partial charge is 0.422 e. The lowest BCUT2D eigenvalue weighted by Gasteiger charge is -2.58. The van der Waals surface area contributed by atoms with Gasteiger partial charge in [0.05, 0.1) is 6.10 Å². The van der Waals surface area contributed by atoms with Crippen molar-refractivity contribution in [3.8, 4) is 5.88 Å². The van der Waals surface area contributed by atoms with Gasteiger partial charge in [-0.2, -0.15) is 13.2 Å². The molecule has 2 rings (SSSR count). The van der Waals surface area contributed by atoms with E-state index in [0.29, 0.717) is 6.61 Å². The van der Waals surface area contributed by atoms with Gasteiger partial charge >= 0.3 is 12.1 Å². The van der Waals surface area contributed by atoms with Crippen molar-refractivity contribution < 1.29 is 37.3 Å². The molecule has 0 aliphatic heterocycles. The van der Waals surface area contributed by atoms with Crippen LogP contribution < -0.4 is 10.1 Å². The Bertz CT molecular complexity index is 723. The number of aromatic nitrogens is 1. The molecule has 1 fully saturated rings. The summed E-state index contributed by atoms with van der Waals surface area (Å²) in [6.07, 6.45) is -4.83. The fourth-order valence-corrected chi connectivity index (χ4v) is 3.07. The van der Waals surface area contributed by atoms with E-state index in [4.69, 9.17) is 4.74 Å². The number of carboxylic acid groups (broad SMARTS) is 1. The van der Waals surface area contributed by atoms with Gasteiger partial charge in [0, 0.05) is 24.5 Å². The van der Waals surface area contributed by atoms with Crippen molar-refractivity contribution in [2.24, 2.45) is 5.41 Å². The third-order valence-electron chi connectivity index (χ3n) is 4.80. The van der Waals surface area contributed by atoms with Crippen LogP contribution in [0.3, 0.4) is 0 Å². The Morgan fingerprint density at radius 1 is 1.37 bits per heavy atom. The maximum atomic E-state index is 12.5. The van der Waals surface area contributed by atoms with E-state index >= 15 is 0 Å². The zero-order chi connectivity index (χ0) is 20.5. The van der Waals surface area contributed by atoms with Gasteiger partial charge in [0.1, 0.15) is 11.2 Å². The van der Waals surface area contributed by atoms with E-state index in [0.717, 1.165) is 0 Å². The third-order valence-corrected chi connectivity index (χ3v) is 4.80. The molecule has 7 nitrogen and oxygen atoms in total. The summed E-state index contributed by atoms with van der Waals surface area (Å²) in [4.78, 5) is 28.1. The van der Waals surface area contributed by atoms with Crippen LogP contribution in [-0.2, 0) is 9.53 Å². The van der Waals surface area contributed by atoms with Crippen LogP contribution in [0.5, 0.6) is 5.88 Å². The molecule has 0 spiro atoms. The molecule has 1 aromatic heterocycles. The first-order valence-corrected chi connectivity index (χ1v) is 8.27. The third kappa shape index (κ3) is 4.15. The van der Waals surface area contributed by atoms with Gasteiger partial charge in [-0.15, -0.1) is 0 Å². The summed E-state index contributed by atoms with van der Waals surface area (Å²) >= 11 is 0. The molecule has 150 valence electrons. The van der Waals surface area contributed by atoms with Gasteiger partial charge in [-0.1, -0.05) is 19.9 Å². The first-order valence-electron chi connectivity index (χ1n) is 8.27. The van der Waals surface area contributed by atoms with E-state index in [9.17, 15) is 27.9 Å². The van der Waals surface area contributed by atoms with E-state index in [1.54, 1.807) is 20.8 Å². The molecule has 1 aliphatic rings. The van der Waals surface area contributed by atoms with Crippen LogP contribution in [0.1, 0.15) is 37.7 Å². The van der Waals surface area contributed by atoms with Crippen LogP contribution in [0.25, 0.3) is 0 Å². The average molecular weight is 390 g/mol. The van der Waals surface area contributed by atoms with Crippen LogP contribution in [0.4, 0.5) is 13.2 Å². The molecular formula is C17H21F3N2O5. The number of alkyl halides is 3. The molecule has 1 amide bonds. The van der Waals surface area contributed by atoms with Crippen LogP contribution in [0.2, 0.25) is 0 Å². The lowest BCUT2D eigenvalue weighted by atomic mass is 9.54. The molecule has 2 N–H and O–H groups in total. The number of hydrogen-bond donors (Lipinski definition) is 2. The Balaban J connectivity index is 2.17. The maximum absolute atomic E-state index is 12.5. The number of carboxylic acids is 1. The van der Waals surface area contributed by atoms with Crippen molar-refractivity contribution in [3.05, 3.63) is 23.9 Å². The quantitative estimate of drug-likeness (QED) is 0.742. The van der Waals surface area contributed by atoms with E-state index < -0.39 is 35.6 Å². The van der Waals surface area contributed by atoms with Crippen molar-refractivity contribution in [2.75, 3.05) is 13.2 Å². The fourth-order valence-electron chi connectivity index (χ4n) is 3.07. The Labute approximate surface area is 153 Å². The number of ether oxygens (including phenoxy) is 2. The Morgan fingerprint density at radius 3 is 2.56 bits per heavy atom. The minimum Gasteiger partial charge on any atom is -0.479 e. The molecule has 1 aromatic rings. The van der Waals surface area contributed by atoms with Gasteiger partial charge in [-0.3, -0.25) is 4.79 Å². The second-order valence-electron chi connectivity index (χ2n) is 6.80. The Kier molecular flexibility index (Phi) is 5.69. The van der Waals surface area contributed by atoms with Gasteiger partial charge in [-0.25, -0.2) is 9.78 Å². The summed E-state index contributed by atoms with van der Waals surface area (Å²) in [6.45, 7) is 3.97. The summed E-state index contributed by atoms with van der Waals surface area (Å²) in [5.74, 6) is -2.43. The summed E-state index contributed by atoms with van der Waals surface area (Å²) < 4.78 is 46.8. The van der Waals surface area contributed by atoms with Gasteiger partial charge in [-0.05, 0) is 13.0 Å². The summed E-state index contributed by atoms with van der Waals surface area (Å²) in [5.41, 5.74) is -2.71. The standard InChI is InChI=1S/C17H21F3N2O5/c1-4-26-11-8-16(14(24)25,15(11,2)3)22-13(23)10-6-5-7-12(21-10)27-9-17(18,19)20/h5-7,11H,4,8-9H2,1-3H3,(H,22,23)(H,24,25). The van der Waals surface area contributed by atoms with Crippen molar-refractivity contribution in [3.63, 3.8) is 0 Å². The van der Waals surface area contributed by atoms with Gasteiger partial charge in [0.2, 0.25) is 5.88 Å². The molecule has 1 aliphatic carbocycles. The van der Waals surface area contributed by atoms with Gasteiger partial charge in [0.15, 0.2) is 6.61 Å². The first-order chi connectivity index (χ1) is 12.4. The molecule has 2 unspecified atom stereocenters. The molecule has 0 radical (unpaired) electrons. The number of pyridine rings is 1. The SMILES string of the molecule is CCOC1CC(NC(=O)c2cccc(OCC(F)(F)F)n2)(C(=O)O)C1(C)C. The van der Waals surface area contributed by atoms with E-state index in [-0.39, 0.29) is 24.1 Å². The number of carbonyl (C=O) groups is 2. The van der Waals surface area contributed by atoms with Crippen LogP contribution in [0.15, 0.2) is 18.2 Å². The molecule has 0 bridgehead atoms. The predicted molar refractivity (Wildman–Crippen MR) is 87.4 cm³/mol. The molecule has 0 aromatic carbocycles. The van der Waals surface area contributed by atoms with Crippen LogP contribution in [0, 0.1) is 5.41 Å². The average Bonchev–Trinajstić information content (AvgIpc) is 2.58. The highest BCUT2D eigenvalue weighted by atomic mass is 19.4. The molecule has 1 heterocycles. The van der Waals surface area contributed by atoms with Crippen molar-refractivity contribution in [2.45, 2.75) is 45.0 Å². The second kappa shape index (κ2) is 7.34. The van der Waals surface area contributed by atoms with Crippen LogP contribution >= 0.6 is 0 Å². The number of nitrogens with one attached hydrogen (secondary N) is 1. The highest BCUT2D eigenvalue weighted by Gasteiger charge is 2.66. The van der Waals surface area contributed by atoms with Gasteiger partial charge in [0.25, 0.3) is 5.91 Å². The van der Waals surface area contributed by atoms with Crippen LogP contribution in [-0.4, -0.2) is 53.0 Å². The summed E-state index contributed by atoms with van der Waals surface area (Å²) in [6, 6.07) is 3.74. The fraction of sp³-hybridized carbons (Fsp3) is 0.588. The Morgan fingerprint density at radius 2 is 2.04 bits per heavy atom. The molecule has 27 heavy (non-hydrogen) atoms. The molecular weight excluding hydrogens is 369 g/mol. The highest BCUT2D eigenvalue weighted by Crippen LogP contribution is 2.51. The van der Waals surface area contributed by atoms with Gasteiger partial charge < -0.3 is 19.9 Å². The predicted octanol–water partition coefficient (Wildman–Crippen LogP) is 2.41. The summed E-state index contributed by atoms with van der Waals surface area (Å²) in [5, 5.41) is 12.2. The topological polar surface area (TPSA) is 97.8 Å². The Hall–Kier alpha value is -2.36. The lowest BCUT2D eigenvalue weighted by molar-refractivity contribution is -0.190. The normalized spacial score (nSPS) is 24.0. The number of hydrogen-bond acceptors (Lipinski definition) is 5. The minimum atomic E-state index is -4.54. The monoisotopic (exact) mass is 390 g/mol. The van der Waals surface area contributed by atoms with E-state index in [2.05, 4.69) is 15.0 Å². The number of amides is 1. The minimum absolute atomic E-state index is 0.0686. The largest absolute Gasteiger partial charge is 0.479 e. The maximum Gasteiger partial charge on any atom is 0.422 e. The zero-order valence-corrected chi connectivity index (χ0v) is 15.1. The number of halogens is 3. The highest BCUT2D eigenvalue weighted by molar-refractivity contribution is 5.97. The molecule has 1 saturated carbocycles. The molecule has 10 heteroatoms. The first kappa shape index (κ1) is 20.9. The van der Waals surface area contributed by atoms with E-state index in [1.165, 1.54) is 18.2 Å². The number of nitrogens with zero attached hydrogens (tertiary/aromatic N) is 1. The zero-order valence-electron chi connectivity index (χ0n) is 15.1. The van der Waals surface area contributed by atoms with Crippen molar-refractivity contribution in [1.29, 1.82) is 0 Å². The molecule has 0 saturated heterocycles. The van der Waals surface area contributed by atoms with Crippen molar-refractivity contribution in [1.82, 2.24) is 10.3 Å². The summed E-state index contributed by atoms with van der Waals surface area (Å²) in [7, 11) is 0. The van der Waals surface area contributed by atoms with Crippen molar-refractivity contribution >= 4 is 11.9 Å².